The van der Waals surface area contributed by atoms with Crippen LogP contribution in [0.15, 0.2) is 23.1 Å². The van der Waals surface area contributed by atoms with E-state index in [1.807, 2.05) is 0 Å². The molecule has 1 fully saturated rings. The highest BCUT2D eigenvalue weighted by atomic mass is 79.9. The van der Waals surface area contributed by atoms with Gasteiger partial charge >= 0.3 is 0 Å². The molecular formula is C11H13BrFNO2S. The number of alkyl halides is 1. The molecule has 0 aliphatic carbocycles. The smallest absolute Gasteiger partial charge is 0.207 e. The third-order valence-corrected chi connectivity index (χ3v) is 5.62. The van der Waals surface area contributed by atoms with Crippen LogP contribution in [0.25, 0.3) is 0 Å². The molecule has 6 heteroatoms. The fourth-order valence-corrected chi connectivity index (χ4v) is 4.38. The standard InChI is InChI=1S/C11H13BrFNO2S/c1-8-2-3-10(13)6-11(8)17(15,16)14-5-4-9(12)7-14/h2-3,6,9H,4-5,7H2,1H3. The van der Waals surface area contributed by atoms with Gasteiger partial charge in [-0.3, -0.25) is 0 Å². The maximum Gasteiger partial charge on any atom is 0.243 e. The quantitative estimate of drug-likeness (QED) is 0.784. The largest absolute Gasteiger partial charge is 0.243 e. The third-order valence-electron chi connectivity index (χ3n) is 2.86. The van der Waals surface area contributed by atoms with Gasteiger partial charge in [0, 0.05) is 17.9 Å². The Hall–Kier alpha value is -0.460. The summed E-state index contributed by atoms with van der Waals surface area (Å²) in [5, 5.41) is 0. The Labute approximate surface area is 109 Å². The van der Waals surface area contributed by atoms with Gasteiger partial charge in [0.25, 0.3) is 0 Å². The van der Waals surface area contributed by atoms with Crippen LogP contribution in [0.2, 0.25) is 0 Å². The Morgan fingerprint density at radius 1 is 1.47 bits per heavy atom. The molecule has 94 valence electrons. The van der Waals surface area contributed by atoms with Gasteiger partial charge in [-0.2, -0.15) is 4.31 Å². The summed E-state index contributed by atoms with van der Waals surface area (Å²) < 4.78 is 39.1. The predicted molar refractivity (Wildman–Crippen MR) is 67.2 cm³/mol. The maximum absolute atomic E-state index is 13.1. The minimum Gasteiger partial charge on any atom is -0.207 e. The van der Waals surface area contributed by atoms with Crippen LogP contribution < -0.4 is 0 Å². The average molecular weight is 322 g/mol. The highest BCUT2D eigenvalue weighted by Crippen LogP contribution is 2.26. The molecule has 1 aliphatic rings. The van der Waals surface area contributed by atoms with Crippen molar-refractivity contribution in [1.82, 2.24) is 4.31 Å². The molecule has 0 saturated carbocycles. The number of sulfonamides is 1. The van der Waals surface area contributed by atoms with Gasteiger partial charge < -0.3 is 0 Å². The molecule has 1 atom stereocenters. The van der Waals surface area contributed by atoms with Crippen molar-refractivity contribution in [2.24, 2.45) is 0 Å². The van der Waals surface area contributed by atoms with Crippen LogP contribution in [0.1, 0.15) is 12.0 Å². The Morgan fingerprint density at radius 2 is 2.18 bits per heavy atom. The summed E-state index contributed by atoms with van der Waals surface area (Å²) >= 11 is 3.40. The molecule has 1 aromatic rings. The topological polar surface area (TPSA) is 37.4 Å². The molecule has 0 aromatic heterocycles. The van der Waals surface area contributed by atoms with Crippen LogP contribution in [0.3, 0.4) is 0 Å². The number of halogens is 2. The molecule has 2 rings (SSSR count). The normalized spacial score (nSPS) is 21.9. The van der Waals surface area contributed by atoms with Crippen molar-refractivity contribution in [1.29, 1.82) is 0 Å². The van der Waals surface area contributed by atoms with Gasteiger partial charge in [0.05, 0.1) is 4.90 Å². The summed E-state index contributed by atoms with van der Waals surface area (Å²) in [6.07, 6.45) is 0.785. The summed E-state index contributed by atoms with van der Waals surface area (Å²) in [5.74, 6) is -0.524. The zero-order chi connectivity index (χ0) is 12.6. The molecule has 1 aromatic carbocycles. The highest BCUT2D eigenvalue weighted by molar-refractivity contribution is 9.09. The van der Waals surface area contributed by atoms with Gasteiger partial charge in [0.1, 0.15) is 5.82 Å². The fourth-order valence-electron chi connectivity index (χ4n) is 1.90. The van der Waals surface area contributed by atoms with E-state index in [0.717, 1.165) is 12.5 Å². The molecular weight excluding hydrogens is 309 g/mol. The summed E-state index contributed by atoms with van der Waals surface area (Å²) in [6.45, 7) is 2.60. The Balaban J connectivity index is 2.41. The highest BCUT2D eigenvalue weighted by Gasteiger charge is 2.32. The van der Waals surface area contributed by atoms with Crippen LogP contribution in [0.5, 0.6) is 0 Å². The zero-order valence-corrected chi connectivity index (χ0v) is 11.8. The van der Waals surface area contributed by atoms with Gasteiger partial charge in [-0.25, -0.2) is 12.8 Å². The summed E-state index contributed by atoms with van der Waals surface area (Å²) in [7, 11) is -3.56. The molecule has 17 heavy (non-hydrogen) atoms. The number of hydrogen-bond acceptors (Lipinski definition) is 2. The lowest BCUT2D eigenvalue weighted by atomic mass is 10.2. The van der Waals surface area contributed by atoms with Gasteiger partial charge in [-0.15, -0.1) is 0 Å². The van der Waals surface area contributed by atoms with Crippen LogP contribution >= 0.6 is 15.9 Å². The molecule has 0 bridgehead atoms. The molecule has 3 nitrogen and oxygen atoms in total. The molecule has 1 saturated heterocycles. The van der Waals surface area contributed by atoms with E-state index < -0.39 is 15.8 Å². The van der Waals surface area contributed by atoms with E-state index in [-0.39, 0.29) is 9.72 Å². The van der Waals surface area contributed by atoms with E-state index in [9.17, 15) is 12.8 Å². The van der Waals surface area contributed by atoms with Crippen molar-refractivity contribution in [2.45, 2.75) is 23.1 Å². The van der Waals surface area contributed by atoms with E-state index in [1.165, 1.54) is 16.4 Å². The van der Waals surface area contributed by atoms with Crippen molar-refractivity contribution in [3.63, 3.8) is 0 Å². The van der Waals surface area contributed by atoms with Crippen LogP contribution in [0, 0.1) is 12.7 Å². The van der Waals surface area contributed by atoms with Crippen molar-refractivity contribution in [2.75, 3.05) is 13.1 Å². The van der Waals surface area contributed by atoms with Gasteiger partial charge in [-0.05, 0) is 31.0 Å². The lowest BCUT2D eigenvalue weighted by Gasteiger charge is -2.17. The summed E-state index contributed by atoms with van der Waals surface area (Å²) in [6, 6.07) is 3.85. The average Bonchev–Trinajstić information content (AvgIpc) is 2.69. The Bertz CT molecular complexity index is 532. The van der Waals surface area contributed by atoms with Crippen molar-refractivity contribution >= 4 is 26.0 Å². The second-order valence-electron chi connectivity index (χ2n) is 4.16. The Kier molecular flexibility index (Phi) is 3.56. The van der Waals surface area contributed by atoms with Crippen LogP contribution in [-0.2, 0) is 10.0 Å². The van der Waals surface area contributed by atoms with Gasteiger partial charge in [0.2, 0.25) is 10.0 Å². The first kappa shape index (κ1) is 13.0. The summed E-state index contributed by atoms with van der Waals surface area (Å²) in [4.78, 5) is 0.255. The Morgan fingerprint density at radius 3 is 2.76 bits per heavy atom. The second kappa shape index (κ2) is 4.66. The second-order valence-corrected chi connectivity index (χ2v) is 7.36. The molecule has 0 N–H and O–H groups in total. The molecule has 0 amide bonds. The van der Waals surface area contributed by atoms with E-state index >= 15 is 0 Å². The first-order chi connectivity index (χ1) is 7.91. The maximum atomic E-state index is 13.1. The summed E-state index contributed by atoms with van der Waals surface area (Å²) in [5.41, 5.74) is 0.574. The SMILES string of the molecule is Cc1ccc(F)cc1S(=O)(=O)N1CCC(Br)C1. The van der Waals surface area contributed by atoms with Gasteiger partial charge in [-0.1, -0.05) is 22.0 Å². The number of hydrogen-bond donors (Lipinski definition) is 0. The lowest BCUT2D eigenvalue weighted by molar-refractivity contribution is 0.477. The van der Waals surface area contributed by atoms with E-state index in [1.54, 1.807) is 6.92 Å². The van der Waals surface area contributed by atoms with Crippen molar-refractivity contribution in [3.05, 3.63) is 29.6 Å². The van der Waals surface area contributed by atoms with E-state index in [4.69, 9.17) is 0 Å². The first-order valence-electron chi connectivity index (χ1n) is 5.31. The third kappa shape index (κ3) is 2.53. The monoisotopic (exact) mass is 321 g/mol. The van der Waals surface area contributed by atoms with Crippen molar-refractivity contribution in [3.8, 4) is 0 Å². The number of nitrogens with zero attached hydrogens (tertiary/aromatic N) is 1. The zero-order valence-electron chi connectivity index (χ0n) is 9.36. The molecule has 1 unspecified atom stereocenters. The van der Waals surface area contributed by atoms with Crippen molar-refractivity contribution < 1.29 is 12.8 Å². The van der Waals surface area contributed by atoms with E-state index in [0.29, 0.717) is 18.7 Å². The number of rotatable bonds is 2. The number of benzene rings is 1. The molecule has 0 radical (unpaired) electrons. The minimum atomic E-state index is -3.56. The van der Waals surface area contributed by atoms with E-state index in [2.05, 4.69) is 15.9 Å². The van der Waals surface area contributed by atoms with Crippen LogP contribution in [-0.4, -0.2) is 30.6 Å². The first-order valence-corrected chi connectivity index (χ1v) is 7.67. The van der Waals surface area contributed by atoms with Gasteiger partial charge in [0.15, 0.2) is 0 Å². The number of aryl methyl sites for hydroxylation is 1. The molecule has 1 heterocycles. The minimum absolute atomic E-state index is 0.0686. The molecule has 1 aliphatic heterocycles. The fraction of sp³-hybridized carbons (Fsp3) is 0.455. The molecule has 0 spiro atoms. The lowest BCUT2D eigenvalue weighted by Crippen LogP contribution is -2.29. The van der Waals surface area contributed by atoms with Crippen LogP contribution in [0.4, 0.5) is 4.39 Å². The predicted octanol–water partition coefficient (Wildman–Crippen LogP) is 2.29.